The lowest BCUT2D eigenvalue weighted by Gasteiger charge is -2.35. The Labute approximate surface area is 146 Å². The highest BCUT2D eigenvalue weighted by molar-refractivity contribution is 5.80. The second kappa shape index (κ2) is 7.65. The summed E-state index contributed by atoms with van der Waals surface area (Å²) in [6.07, 6.45) is 1.67. The molecule has 1 aliphatic heterocycles. The number of hydrogen-bond acceptors (Lipinski definition) is 6. The largest absolute Gasteiger partial charge is 0.495 e. The molecule has 0 unspecified atom stereocenters. The molecule has 0 aromatic heterocycles. The molecule has 0 N–H and O–H groups in total. The van der Waals surface area contributed by atoms with E-state index in [0.717, 1.165) is 43.2 Å². The van der Waals surface area contributed by atoms with Gasteiger partial charge in [0.05, 0.1) is 37.0 Å². The van der Waals surface area contributed by atoms with Crippen molar-refractivity contribution in [3.8, 4) is 5.75 Å². The summed E-state index contributed by atoms with van der Waals surface area (Å²) in [5.74, 6) is 0.871. The van der Waals surface area contributed by atoms with Gasteiger partial charge in [0.15, 0.2) is 0 Å². The lowest BCUT2D eigenvalue weighted by atomic mass is 10.2. The zero-order valence-electron chi connectivity index (χ0n) is 14.0. The van der Waals surface area contributed by atoms with Crippen LogP contribution in [0.5, 0.6) is 5.75 Å². The van der Waals surface area contributed by atoms with Crippen LogP contribution in [0.15, 0.2) is 53.6 Å². The first-order chi connectivity index (χ1) is 12.2. The van der Waals surface area contributed by atoms with E-state index < -0.39 is 4.92 Å². The average Bonchev–Trinajstić information content (AvgIpc) is 2.67. The van der Waals surface area contributed by atoms with Crippen molar-refractivity contribution in [1.82, 2.24) is 5.01 Å². The molecule has 0 atom stereocenters. The highest BCUT2D eigenvalue weighted by Crippen LogP contribution is 2.28. The predicted molar refractivity (Wildman–Crippen MR) is 97.5 cm³/mol. The summed E-state index contributed by atoms with van der Waals surface area (Å²) < 4.78 is 5.42. The van der Waals surface area contributed by atoms with Crippen LogP contribution in [0, 0.1) is 10.1 Å². The Morgan fingerprint density at radius 2 is 1.88 bits per heavy atom. The van der Waals surface area contributed by atoms with E-state index in [4.69, 9.17) is 4.74 Å². The van der Waals surface area contributed by atoms with E-state index in [1.54, 1.807) is 19.4 Å². The third-order valence-corrected chi connectivity index (χ3v) is 4.13. The number of nitro benzene ring substituents is 1. The van der Waals surface area contributed by atoms with Crippen LogP contribution in [-0.2, 0) is 0 Å². The molecule has 7 heteroatoms. The molecule has 1 heterocycles. The van der Waals surface area contributed by atoms with Crippen LogP contribution in [0.1, 0.15) is 5.56 Å². The first-order valence-electron chi connectivity index (χ1n) is 8.09. The SMILES string of the molecule is COc1ccccc1N1CCN(/N=C\c2cccc([N+](=O)[O-])c2)CC1. The summed E-state index contributed by atoms with van der Waals surface area (Å²) in [4.78, 5) is 12.7. The fraction of sp³-hybridized carbons (Fsp3) is 0.278. The van der Waals surface area contributed by atoms with Crippen LogP contribution < -0.4 is 9.64 Å². The van der Waals surface area contributed by atoms with Crippen LogP contribution in [0.25, 0.3) is 0 Å². The molecule has 0 aliphatic carbocycles. The van der Waals surface area contributed by atoms with E-state index in [2.05, 4.69) is 16.1 Å². The molecule has 2 aromatic rings. The van der Waals surface area contributed by atoms with Crippen LogP contribution >= 0.6 is 0 Å². The summed E-state index contributed by atoms with van der Waals surface area (Å²) in [6, 6.07) is 14.5. The number of methoxy groups -OCH3 is 1. The summed E-state index contributed by atoms with van der Waals surface area (Å²) in [5.41, 5.74) is 1.89. The van der Waals surface area contributed by atoms with Gasteiger partial charge in [0.25, 0.3) is 5.69 Å². The molecule has 0 saturated carbocycles. The van der Waals surface area contributed by atoms with Gasteiger partial charge in [0, 0.05) is 30.8 Å². The lowest BCUT2D eigenvalue weighted by Crippen LogP contribution is -2.44. The molecule has 3 rings (SSSR count). The summed E-state index contributed by atoms with van der Waals surface area (Å²) >= 11 is 0. The molecule has 2 aromatic carbocycles. The Bertz CT molecular complexity index is 770. The van der Waals surface area contributed by atoms with Crippen molar-refractivity contribution in [2.45, 2.75) is 0 Å². The van der Waals surface area contributed by atoms with Gasteiger partial charge in [0.2, 0.25) is 0 Å². The second-order valence-electron chi connectivity index (χ2n) is 5.71. The molecule has 0 spiro atoms. The van der Waals surface area contributed by atoms with E-state index in [-0.39, 0.29) is 5.69 Å². The standard InChI is InChI=1S/C18H20N4O3/c1-25-18-8-3-2-7-17(18)20-9-11-21(12-10-20)19-14-15-5-4-6-16(13-15)22(23)24/h2-8,13-14H,9-12H2,1H3/b19-14-. The number of nitrogens with zero attached hydrogens (tertiary/aromatic N) is 4. The van der Waals surface area contributed by atoms with E-state index in [9.17, 15) is 10.1 Å². The molecular formula is C18H20N4O3. The van der Waals surface area contributed by atoms with Gasteiger partial charge in [-0.3, -0.25) is 15.1 Å². The minimum Gasteiger partial charge on any atom is -0.495 e. The summed E-state index contributed by atoms with van der Waals surface area (Å²) in [7, 11) is 1.68. The number of benzene rings is 2. The number of hydrazone groups is 1. The Morgan fingerprint density at radius 3 is 2.60 bits per heavy atom. The number of hydrogen-bond donors (Lipinski definition) is 0. The van der Waals surface area contributed by atoms with Gasteiger partial charge in [-0.15, -0.1) is 0 Å². The van der Waals surface area contributed by atoms with Gasteiger partial charge in [-0.05, 0) is 12.1 Å². The molecule has 0 bridgehead atoms. The fourth-order valence-corrected chi connectivity index (χ4v) is 2.81. The lowest BCUT2D eigenvalue weighted by molar-refractivity contribution is -0.384. The van der Waals surface area contributed by atoms with Crippen molar-refractivity contribution in [3.05, 3.63) is 64.2 Å². The van der Waals surface area contributed by atoms with E-state index in [0.29, 0.717) is 0 Å². The van der Waals surface area contributed by atoms with Crippen LogP contribution in [0.2, 0.25) is 0 Å². The molecule has 1 saturated heterocycles. The smallest absolute Gasteiger partial charge is 0.270 e. The molecule has 25 heavy (non-hydrogen) atoms. The average molecular weight is 340 g/mol. The van der Waals surface area contributed by atoms with E-state index >= 15 is 0 Å². The molecule has 130 valence electrons. The second-order valence-corrected chi connectivity index (χ2v) is 5.71. The van der Waals surface area contributed by atoms with Crippen molar-refractivity contribution < 1.29 is 9.66 Å². The van der Waals surface area contributed by atoms with Crippen molar-refractivity contribution >= 4 is 17.6 Å². The Balaban J connectivity index is 1.61. The molecular weight excluding hydrogens is 320 g/mol. The monoisotopic (exact) mass is 340 g/mol. The van der Waals surface area contributed by atoms with Crippen molar-refractivity contribution in [1.29, 1.82) is 0 Å². The maximum atomic E-state index is 10.8. The van der Waals surface area contributed by atoms with Crippen molar-refractivity contribution in [3.63, 3.8) is 0 Å². The molecule has 1 fully saturated rings. The number of para-hydroxylation sites is 2. The zero-order valence-corrected chi connectivity index (χ0v) is 14.0. The van der Waals surface area contributed by atoms with E-state index in [1.807, 2.05) is 29.3 Å². The third kappa shape index (κ3) is 4.06. The minimum atomic E-state index is -0.399. The summed E-state index contributed by atoms with van der Waals surface area (Å²) in [6.45, 7) is 3.24. The van der Waals surface area contributed by atoms with Gasteiger partial charge in [-0.1, -0.05) is 24.3 Å². The first-order valence-corrected chi connectivity index (χ1v) is 8.09. The maximum absolute atomic E-state index is 10.8. The highest BCUT2D eigenvalue weighted by atomic mass is 16.6. The van der Waals surface area contributed by atoms with Crippen molar-refractivity contribution in [2.24, 2.45) is 5.10 Å². The minimum absolute atomic E-state index is 0.0740. The fourth-order valence-electron chi connectivity index (χ4n) is 2.81. The molecule has 0 radical (unpaired) electrons. The first kappa shape index (κ1) is 16.8. The van der Waals surface area contributed by atoms with Gasteiger partial charge in [0.1, 0.15) is 5.75 Å². The number of rotatable bonds is 5. The quantitative estimate of drug-likeness (QED) is 0.475. The molecule has 0 amide bonds. The number of non-ortho nitro benzene ring substituents is 1. The summed E-state index contributed by atoms with van der Waals surface area (Å²) in [5, 5.41) is 17.2. The molecule has 7 nitrogen and oxygen atoms in total. The number of ether oxygens (including phenoxy) is 1. The van der Waals surface area contributed by atoms with Crippen LogP contribution in [0.4, 0.5) is 11.4 Å². The van der Waals surface area contributed by atoms with Gasteiger partial charge < -0.3 is 9.64 Å². The third-order valence-electron chi connectivity index (χ3n) is 4.13. The topological polar surface area (TPSA) is 71.2 Å². The number of piperazine rings is 1. The van der Waals surface area contributed by atoms with E-state index in [1.165, 1.54) is 12.1 Å². The Kier molecular flexibility index (Phi) is 5.13. The highest BCUT2D eigenvalue weighted by Gasteiger charge is 2.18. The number of nitro groups is 1. The zero-order chi connectivity index (χ0) is 17.6. The van der Waals surface area contributed by atoms with Gasteiger partial charge in [-0.2, -0.15) is 5.10 Å². The normalized spacial score (nSPS) is 14.8. The Hall–Kier alpha value is -3.09. The van der Waals surface area contributed by atoms with Crippen LogP contribution in [-0.4, -0.2) is 49.4 Å². The predicted octanol–water partition coefficient (Wildman–Crippen LogP) is 2.76. The van der Waals surface area contributed by atoms with Gasteiger partial charge in [-0.25, -0.2) is 0 Å². The van der Waals surface area contributed by atoms with Crippen LogP contribution in [0.3, 0.4) is 0 Å². The van der Waals surface area contributed by atoms with Gasteiger partial charge >= 0.3 is 0 Å². The van der Waals surface area contributed by atoms with Crippen molar-refractivity contribution in [2.75, 3.05) is 38.2 Å². The Morgan fingerprint density at radius 1 is 1.12 bits per heavy atom. The maximum Gasteiger partial charge on any atom is 0.270 e. The number of anilines is 1. The molecule has 1 aliphatic rings.